The fraction of sp³-hybridized carbons (Fsp3) is 0.741. The maximum absolute atomic E-state index is 12.6. The Balaban J connectivity index is 1.48. The van der Waals surface area contributed by atoms with Gasteiger partial charge in [0.1, 0.15) is 0 Å². The van der Waals surface area contributed by atoms with Crippen LogP contribution in [0.4, 0.5) is 10.5 Å². The Kier molecular flexibility index (Phi) is 14.1. The van der Waals surface area contributed by atoms with Crippen LogP contribution in [0.1, 0.15) is 84.0 Å². The van der Waals surface area contributed by atoms with Gasteiger partial charge in [-0.1, -0.05) is 55.0 Å². The number of hydrogen-bond donors (Lipinski definition) is 1. The Morgan fingerprint density at radius 3 is 2.21 bits per heavy atom. The maximum atomic E-state index is 12.6. The first-order valence-corrected chi connectivity index (χ1v) is 13.9. The molecule has 1 aromatic carbocycles. The molecular weight excluding hydrogens is 478 g/mol. The fourth-order valence-corrected chi connectivity index (χ4v) is 4.78. The average Bonchev–Trinajstić information content (AvgIpc) is 2.82. The number of benzene rings is 1. The SMILES string of the molecule is CCCCCN(C)CCCCCCCOC1CCC(N(C)C(=O)Nc2ccc(Br)cc2)CC1. The van der Waals surface area contributed by atoms with Gasteiger partial charge >= 0.3 is 6.03 Å². The van der Waals surface area contributed by atoms with Gasteiger partial charge in [-0.05, 0) is 89.3 Å². The lowest BCUT2D eigenvalue weighted by molar-refractivity contribution is 0.0130. The topological polar surface area (TPSA) is 44.8 Å². The second kappa shape index (κ2) is 16.5. The molecule has 0 radical (unpaired) electrons. The molecule has 2 amide bonds. The van der Waals surface area contributed by atoms with Gasteiger partial charge in [0, 0.05) is 29.9 Å². The van der Waals surface area contributed by atoms with Crippen LogP contribution < -0.4 is 5.32 Å². The van der Waals surface area contributed by atoms with E-state index in [0.717, 1.165) is 42.5 Å². The summed E-state index contributed by atoms with van der Waals surface area (Å²) in [5.41, 5.74) is 0.825. The lowest BCUT2D eigenvalue weighted by Gasteiger charge is -2.34. The molecule has 6 heteroatoms. The largest absolute Gasteiger partial charge is 0.378 e. The van der Waals surface area contributed by atoms with E-state index in [9.17, 15) is 4.79 Å². The summed E-state index contributed by atoms with van der Waals surface area (Å²) in [6.45, 7) is 5.63. The standard InChI is InChI=1S/C27H46BrN3O2/c1-4-5-9-20-30(2)21-10-7-6-8-11-22-33-26-18-16-25(17-19-26)31(3)27(32)29-24-14-12-23(28)13-15-24/h12-15,25-26H,4-11,16-22H2,1-3H3,(H,29,32). The molecule has 5 nitrogen and oxygen atoms in total. The zero-order valence-corrected chi connectivity index (χ0v) is 22.7. The minimum atomic E-state index is -0.0335. The number of urea groups is 1. The maximum Gasteiger partial charge on any atom is 0.321 e. The van der Waals surface area contributed by atoms with E-state index < -0.39 is 0 Å². The molecule has 0 atom stereocenters. The third-order valence-corrected chi connectivity index (χ3v) is 7.32. The van der Waals surface area contributed by atoms with E-state index in [1.807, 2.05) is 36.2 Å². The van der Waals surface area contributed by atoms with Gasteiger partial charge < -0.3 is 19.9 Å². The minimum Gasteiger partial charge on any atom is -0.378 e. The monoisotopic (exact) mass is 523 g/mol. The second-order valence-electron chi connectivity index (χ2n) is 9.63. The predicted octanol–water partition coefficient (Wildman–Crippen LogP) is 7.31. The van der Waals surface area contributed by atoms with Crippen molar-refractivity contribution in [2.24, 2.45) is 0 Å². The molecule has 0 aliphatic heterocycles. The Bertz CT molecular complexity index is 647. The summed E-state index contributed by atoms with van der Waals surface area (Å²) in [6.07, 6.45) is 14.9. The van der Waals surface area contributed by atoms with Crippen molar-refractivity contribution in [3.05, 3.63) is 28.7 Å². The molecule has 2 rings (SSSR count). The molecule has 1 saturated carbocycles. The van der Waals surface area contributed by atoms with Crippen LogP contribution in [0.5, 0.6) is 0 Å². The van der Waals surface area contributed by atoms with Crippen LogP contribution in [0.2, 0.25) is 0 Å². The minimum absolute atomic E-state index is 0.0335. The highest BCUT2D eigenvalue weighted by Crippen LogP contribution is 2.25. The molecular formula is C27H46BrN3O2. The van der Waals surface area contributed by atoms with Gasteiger partial charge in [0.15, 0.2) is 0 Å². The molecule has 0 heterocycles. The second-order valence-corrected chi connectivity index (χ2v) is 10.5. The molecule has 0 aromatic heterocycles. The van der Waals surface area contributed by atoms with Gasteiger partial charge in [-0.2, -0.15) is 0 Å². The van der Waals surface area contributed by atoms with E-state index in [4.69, 9.17) is 4.74 Å². The van der Waals surface area contributed by atoms with Gasteiger partial charge in [0.2, 0.25) is 0 Å². The van der Waals surface area contributed by atoms with E-state index in [1.54, 1.807) is 0 Å². The van der Waals surface area contributed by atoms with E-state index in [2.05, 4.69) is 40.1 Å². The number of carbonyl (C=O) groups excluding carboxylic acids is 1. The van der Waals surface area contributed by atoms with Crippen LogP contribution >= 0.6 is 15.9 Å². The van der Waals surface area contributed by atoms with E-state index in [0.29, 0.717) is 12.1 Å². The smallest absolute Gasteiger partial charge is 0.321 e. The number of carbonyl (C=O) groups is 1. The zero-order chi connectivity index (χ0) is 23.9. The normalized spacial score (nSPS) is 18.5. The lowest BCUT2D eigenvalue weighted by Crippen LogP contribution is -2.42. The Morgan fingerprint density at radius 1 is 0.939 bits per heavy atom. The molecule has 0 bridgehead atoms. The average molecular weight is 525 g/mol. The number of nitrogens with one attached hydrogen (secondary N) is 1. The van der Waals surface area contributed by atoms with E-state index >= 15 is 0 Å². The summed E-state index contributed by atoms with van der Waals surface area (Å²) in [5, 5.41) is 2.99. The first-order valence-electron chi connectivity index (χ1n) is 13.1. The summed E-state index contributed by atoms with van der Waals surface area (Å²) < 4.78 is 7.15. The van der Waals surface area contributed by atoms with Gasteiger partial charge in [-0.25, -0.2) is 4.79 Å². The van der Waals surface area contributed by atoms with Crippen LogP contribution in [0.25, 0.3) is 0 Å². The molecule has 0 spiro atoms. The first kappa shape index (κ1) is 28.1. The highest BCUT2D eigenvalue weighted by atomic mass is 79.9. The molecule has 1 aliphatic rings. The molecule has 1 fully saturated rings. The van der Waals surface area contributed by atoms with Crippen molar-refractivity contribution >= 4 is 27.6 Å². The Labute approximate surface area is 210 Å². The van der Waals surface area contributed by atoms with Crippen molar-refractivity contribution in [3.63, 3.8) is 0 Å². The van der Waals surface area contributed by atoms with Crippen molar-refractivity contribution in [2.75, 3.05) is 39.1 Å². The van der Waals surface area contributed by atoms with Crippen LogP contribution in [-0.4, -0.2) is 61.8 Å². The first-order chi connectivity index (χ1) is 16.0. The van der Waals surface area contributed by atoms with Crippen LogP contribution in [0.15, 0.2) is 28.7 Å². The number of nitrogens with zero attached hydrogens (tertiary/aromatic N) is 2. The highest BCUT2D eigenvalue weighted by Gasteiger charge is 2.27. The van der Waals surface area contributed by atoms with Crippen LogP contribution in [-0.2, 0) is 4.74 Å². The quantitative estimate of drug-likeness (QED) is 0.245. The molecule has 1 aromatic rings. The lowest BCUT2D eigenvalue weighted by atomic mass is 9.92. The van der Waals surface area contributed by atoms with Crippen molar-refractivity contribution in [2.45, 2.75) is 96.1 Å². The van der Waals surface area contributed by atoms with Crippen molar-refractivity contribution in [1.29, 1.82) is 0 Å². The zero-order valence-electron chi connectivity index (χ0n) is 21.2. The number of unbranched alkanes of at least 4 members (excludes halogenated alkanes) is 6. The van der Waals surface area contributed by atoms with Crippen LogP contribution in [0.3, 0.4) is 0 Å². The van der Waals surface area contributed by atoms with E-state index in [1.165, 1.54) is 64.5 Å². The third-order valence-electron chi connectivity index (χ3n) is 6.79. The molecule has 33 heavy (non-hydrogen) atoms. The van der Waals surface area contributed by atoms with Gasteiger partial charge in [0.25, 0.3) is 0 Å². The van der Waals surface area contributed by atoms with Gasteiger partial charge in [-0.15, -0.1) is 0 Å². The number of rotatable bonds is 15. The predicted molar refractivity (Wildman–Crippen MR) is 143 cm³/mol. The highest BCUT2D eigenvalue weighted by molar-refractivity contribution is 9.10. The van der Waals surface area contributed by atoms with Gasteiger partial charge in [-0.3, -0.25) is 0 Å². The number of halogens is 1. The summed E-state index contributed by atoms with van der Waals surface area (Å²) >= 11 is 3.42. The molecule has 0 saturated heterocycles. The van der Waals surface area contributed by atoms with E-state index in [-0.39, 0.29) is 6.03 Å². The number of anilines is 1. The Hall–Kier alpha value is -1.11. The summed E-state index contributed by atoms with van der Waals surface area (Å²) in [6, 6.07) is 7.95. The third kappa shape index (κ3) is 11.7. The van der Waals surface area contributed by atoms with Crippen molar-refractivity contribution in [3.8, 4) is 0 Å². The number of amides is 2. The molecule has 1 aliphatic carbocycles. The van der Waals surface area contributed by atoms with Gasteiger partial charge in [0.05, 0.1) is 6.10 Å². The summed E-state index contributed by atoms with van der Waals surface area (Å²) in [4.78, 5) is 16.9. The van der Waals surface area contributed by atoms with Crippen molar-refractivity contribution in [1.82, 2.24) is 9.80 Å². The molecule has 0 unspecified atom stereocenters. The molecule has 188 valence electrons. The summed E-state index contributed by atoms with van der Waals surface area (Å²) in [7, 11) is 4.16. The van der Waals surface area contributed by atoms with Crippen molar-refractivity contribution < 1.29 is 9.53 Å². The Morgan fingerprint density at radius 2 is 1.55 bits per heavy atom. The number of ether oxygens (including phenoxy) is 1. The summed E-state index contributed by atoms with van der Waals surface area (Å²) in [5.74, 6) is 0. The van der Waals surface area contributed by atoms with Crippen LogP contribution in [0, 0.1) is 0 Å². The molecule has 1 N–H and O–H groups in total. The fourth-order valence-electron chi connectivity index (χ4n) is 4.52. The number of hydrogen-bond acceptors (Lipinski definition) is 3.